The first-order chi connectivity index (χ1) is 12.7. The molecule has 0 atom stereocenters. The van der Waals surface area contributed by atoms with E-state index in [2.05, 4.69) is 84.3 Å². The second kappa shape index (κ2) is 9.96. The van der Waals surface area contributed by atoms with Gasteiger partial charge in [-0.25, -0.2) is 0 Å². The highest BCUT2D eigenvalue weighted by Crippen LogP contribution is 2.31. The van der Waals surface area contributed by atoms with E-state index in [1.54, 1.807) is 0 Å². The molecule has 1 heterocycles. The summed E-state index contributed by atoms with van der Waals surface area (Å²) in [7, 11) is 0. The summed E-state index contributed by atoms with van der Waals surface area (Å²) in [6.07, 6.45) is 3.53. The lowest BCUT2D eigenvalue weighted by Gasteiger charge is -2.34. The fraction of sp³-hybridized carbons (Fsp3) is 0.391. The van der Waals surface area contributed by atoms with Crippen molar-refractivity contribution in [2.75, 3.05) is 32.7 Å². The van der Waals surface area contributed by atoms with Crippen molar-refractivity contribution in [1.82, 2.24) is 9.80 Å². The van der Waals surface area contributed by atoms with E-state index in [4.69, 9.17) is 0 Å². The standard InChI is InChI=1S/C23H30N2S/c1-20(2)9-8-14-24-15-17-25(18-16-24)19-21-10-6-7-13-23(21)26-22-11-4-3-5-12-22/h3-7,9-13H,8,14-19H2,1-2H3. The first-order valence-corrected chi connectivity index (χ1v) is 10.4. The molecule has 0 saturated carbocycles. The van der Waals surface area contributed by atoms with E-state index in [9.17, 15) is 0 Å². The van der Waals surface area contributed by atoms with Gasteiger partial charge in [-0.15, -0.1) is 0 Å². The minimum atomic E-state index is 1.05. The molecule has 26 heavy (non-hydrogen) atoms. The average Bonchev–Trinajstić information content (AvgIpc) is 2.65. The van der Waals surface area contributed by atoms with Crippen LogP contribution in [0.15, 0.2) is 76.0 Å². The van der Waals surface area contributed by atoms with Crippen LogP contribution in [0.25, 0.3) is 0 Å². The lowest BCUT2D eigenvalue weighted by Crippen LogP contribution is -2.46. The number of benzene rings is 2. The second-order valence-electron chi connectivity index (χ2n) is 7.21. The number of hydrogen-bond acceptors (Lipinski definition) is 3. The predicted molar refractivity (Wildman–Crippen MR) is 113 cm³/mol. The zero-order valence-electron chi connectivity index (χ0n) is 16.0. The monoisotopic (exact) mass is 366 g/mol. The molecular weight excluding hydrogens is 336 g/mol. The molecule has 0 amide bonds. The van der Waals surface area contributed by atoms with Crippen LogP contribution in [0.5, 0.6) is 0 Å². The summed E-state index contributed by atoms with van der Waals surface area (Å²) in [6, 6.07) is 19.5. The Hall–Kier alpha value is -1.55. The zero-order chi connectivity index (χ0) is 18.2. The summed E-state index contributed by atoms with van der Waals surface area (Å²) in [5, 5.41) is 0. The van der Waals surface area contributed by atoms with Crippen LogP contribution in [0.2, 0.25) is 0 Å². The summed E-state index contributed by atoms with van der Waals surface area (Å²) in [6.45, 7) is 11.3. The van der Waals surface area contributed by atoms with Crippen LogP contribution in [0.3, 0.4) is 0 Å². The third-order valence-corrected chi connectivity index (χ3v) is 5.93. The Morgan fingerprint density at radius 3 is 2.27 bits per heavy atom. The van der Waals surface area contributed by atoms with Crippen LogP contribution >= 0.6 is 11.8 Å². The van der Waals surface area contributed by atoms with Gasteiger partial charge in [0.1, 0.15) is 0 Å². The maximum atomic E-state index is 2.60. The van der Waals surface area contributed by atoms with Crippen LogP contribution in [0, 0.1) is 0 Å². The Morgan fingerprint density at radius 2 is 1.54 bits per heavy atom. The fourth-order valence-corrected chi connectivity index (χ4v) is 4.25. The number of piperazine rings is 1. The van der Waals surface area contributed by atoms with Gasteiger partial charge in [0.2, 0.25) is 0 Å². The molecule has 0 radical (unpaired) electrons. The number of hydrogen-bond donors (Lipinski definition) is 0. The Bertz CT molecular complexity index is 699. The van der Waals surface area contributed by atoms with Gasteiger partial charge in [0.25, 0.3) is 0 Å². The Balaban J connectivity index is 1.53. The van der Waals surface area contributed by atoms with E-state index in [0.717, 1.165) is 6.54 Å². The van der Waals surface area contributed by atoms with Crippen molar-refractivity contribution in [1.29, 1.82) is 0 Å². The molecule has 3 heteroatoms. The number of allylic oxidation sites excluding steroid dienone is 1. The third kappa shape index (κ3) is 6.01. The summed E-state index contributed by atoms with van der Waals surface area (Å²) in [5.41, 5.74) is 2.87. The quantitative estimate of drug-likeness (QED) is 0.613. The molecule has 138 valence electrons. The van der Waals surface area contributed by atoms with Gasteiger partial charge in [0.15, 0.2) is 0 Å². The summed E-state index contributed by atoms with van der Waals surface area (Å²) in [5.74, 6) is 0. The first kappa shape index (κ1) is 19.2. The van der Waals surface area contributed by atoms with E-state index < -0.39 is 0 Å². The zero-order valence-corrected chi connectivity index (χ0v) is 16.8. The van der Waals surface area contributed by atoms with Gasteiger partial charge in [-0.05, 0) is 44.0 Å². The molecule has 0 N–H and O–H groups in total. The molecule has 0 bridgehead atoms. The third-order valence-electron chi connectivity index (χ3n) is 4.80. The molecule has 2 aromatic carbocycles. The van der Waals surface area contributed by atoms with Gasteiger partial charge in [-0.3, -0.25) is 4.90 Å². The van der Waals surface area contributed by atoms with Crippen LogP contribution in [-0.2, 0) is 6.54 Å². The van der Waals surface area contributed by atoms with Gasteiger partial charge in [0.05, 0.1) is 0 Å². The molecule has 0 aromatic heterocycles. The first-order valence-electron chi connectivity index (χ1n) is 9.59. The molecule has 1 fully saturated rings. The highest BCUT2D eigenvalue weighted by molar-refractivity contribution is 7.99. The Kier molecular flexibility index (Phi) is 7.36. The molecule has 1 saturated heterocycles. The molecule has 0 aliphatic carbocycles. The molecule has 2 aromatic rings. The molecular formula is C23H30N2S. The molecule has 0 unspecified atom stereocenters. The van der Waals surface area contributed by atoms with Crippen LogP contribution in [0.4, 0.5) is 0 Å². The van der Waals surface area contributed by atoms with Crippen LogP contribution < -0.4 is 0 Å². The number of rotatable bonds is 7. The lowest BCUT2D eigenvalue weighted by atomic mass is 10.2. The van der Waals surface area contributed by atoms with Crippen LogP contribution in [-0.4, -0.2) is 42.5 Å². The largest absolute Gasteiger partial charge is 0.300 e. The molecule has 3 rings (SSSR count). The fourth-order valence-electron chi connectivity index (χ4n) is 3.30. The summed E-state index contributed by atoms with van der Waals surface area (Å²) >= 11 is 1.87. The van der Waals surface area contributed by atoms with E-state index >= 15 is 0 Å². The normalized spacial score (nSPS) is 15.8. The summed E-state index contributed by atoms with van der Waals surface area (Å²) < 4.78 is 0. The van der Waals surface area contributed by atoms with Crippen molar-refractivity contribution in [2.24, 2.45) is 0 Å². The predicted octanol–water partition coefficient (Wildman–Crippen LogP) is 5.31. The van der Waals surface area contributed by atoms with Gasteiger partial charge in [0, 0.05) is 49.1 Å². The van der Waals surface area contributed by atoms with Crippen molar-refractivity contribution in [3.8, 4) is 0 Å². The van der Waals surface area contributed by atoms with E-state index in [0.29, 0.717) is 0 Å². The van der Waals surface area contributed by atoms with Crippen molar-refractivity contribution >= 4 is 11.8 Å². The van der Waals surface area contributed by atoms with E-state index in [1.807, 2.05) is 11.8 Å². The molecule has 2 nitrogen and oxygen atoms in total. The minimum absolute atomic E-state index is 1.05. The highest BCUT2D eigenvalue weighted by Gasteiger charge is 2.17. The molecule has 0 spiro atoms. The Morgan fingerprint density at radius 1 is 0.885 bits per heavy atom. The molecule has 1 aliphatic rings. The van der Waals surface area contributed by atoms with Crippen molar-refractivity contribution in [2.45, 2.75) is 36.6 Å². The number of nitrogens with zero attached hydrogens (tertiary/aromatic N) is 2. The highest BCUT2D eigenvalue weighted by atomic mass is 32.2. The topological polar surface area (TPSA) is 6.48 Å². The Labute approximate surface area is 162 Å². The van der Waals surface area contributed by atoms with Crippen molar-refractivity contribution in [3.05, 3.63) is 71.8 Å². The SMILES string of the molecule is CC(C)=CCCN1CCN(Cc2ccccc2Sc2ccccc2)CC1. The van der Waals surface area contributed by atoms with Gasteiger partial charge >= 0.3 is 0 Å². The smallest absolute Gasteiger partial charge is 0.0246 e. The molecule has 1 aliphatic heterocycles. The maximum Gasteiger partial charge on any atom is 0.0246 e. The lowest BCUT2D eigenvalue weighted by molar-refractivity contribution is 0.128. The minimum Gasteiger partial charge on any atom is -0.300 e. The van der Waals surface area contributed by atoms with E-state index in [1.165, 1.54) is 60.1 Å². The van der Waals surface area contributed by atoms with Crippen molar-refractivity contribution in [3.63, 3.8) is 0 Å². The van der Waals surface area contributed by atoms with Gasteiger partial charge in [-0.2, -0.15) is 0 Å². The van der Waals surface area contributed by atoms with Crippen molar-refractivity contribution < 1.29 is 0 Å². The maximum absolute atomic E-state index is 2.60. The van der Waals surface area contributed by atoms with E-state index in [-0.39, 0.29) is 0 Å². The van der Waals surface area contributed by atoms with Gasteiger partial charge in [-0.1, -0.05) is 59.8 Å². The van der Waals surface area contributed by atoms with Gasteiger partial charge < -0.3 is 4.90 Å². The van der Waals surface area contributed by atoms with Crippen LogP contribution in [0.1, 0.15) is 25.8 Å². The summed E-state index contributed by atoms with van der Waals surface area (Å²) in [4.78, 5) is 7.89. The second-order valence-corrected chi connectivity index (χ2v) is 8.33. The average molecular weight is 367 g/mol.